The van der Waals surface area contributed by atoms with Crippen LogP contribution in [0, 0.1) is 10.1 Å². The molecule has 0 spiro atoms. The summed E-state index contributed by atoms with van der Waals surface area (Å²) in [5.74, 6) is -0.122. The molecule has 4 aromatic rings. The predicted octanol–water partition coefficient (Wildman–Crippen LogP) is 3.82. The maximum atomic E-state index is 13.3. The molecular formula is C23H22N6O3. The van der Waals surface area contributed by atoms with Crippen molar-refractivity contribution in [3.8, 4) is 11.3 Å². The number of non-ortho nitro benzene ring substituents is 1. The number of carbonyl (C=O) groups excluding carboxylic acids is 1. The molecule has 0 atom stereocenters. The molecule has 1 amide bonds. The SMILES string of the molecule is CN(C)CCn1ncc(C(=O)Nc2nccc3c([N+](=O)[O-])cccc23)c1-c1ccccc1. The Hall–Kier alpha value is -4.11. The van der Waals surface area contributed by atoms with Crippen LogP contribution in [0.5, 0.6) is 0 Å². The van der Waals surface area contributed by atoms with Crippen LogP contribution < -0.4 is 5.32 Å². The summed E-state index contributed by atoms with van der Waals surface area (Å²) in [6.07, 6.45) is 2.99. The number of pyridine rings is 1. The van der Waals surface area contributed by atoms with E-state index in [1.165, 1.54) is 12.3 Å². The van der Waals surface area contributed by atoms with Crippen LogP contribution in [0.4, 0.5) is 11.5 Å². The van der Waals surface area contributed by atoms with Gasteiger partial charge in [0.25, 0.3) is 11.6 Å². The van der Waals surface area contributed by atoms with Crippen molar-refractivity contribution < 1.29 is 9.72 Å². The van der Waals surface area contributed by atoms with E-state index >= 15 is 0 Å². The van der Waals surface area contributed by atoms with Crippen LogP contribution in [0.25, 0.3) is 22.0 Å². The van der Waals surface area contributed by atoms with Crippen LogP contribution >= 0.6 is 0 Å². The smallest absolute Gasteiger partial charge is 0.277 e. The minimum atomic E-state index is -0.448. The van der Waals surface area contributed by atoms with Gasteiger partial charge in [-0.1, -0.05) is 42.5 Å². The number of benzene rings is 2. The minimum absolute atomic E-state index is 0.0399. The second-order valence-electron chi connectivity index (χ2n) is 7.54. The quantitative estimate of drug-likeness (QED) is 0.353. The zero-order valence-corrected chi connectivity index (χ0v) is 17.7. The monoisotopic (exact) mass is 430 g/mol. The fourth-order valence-corrected chi connectivity index (χ4v) is 3.54. The Labute approximate surface area is 184 Å². The number of hydrogen-bond donors (Lipinski definition) is 1. The van der Waals surface area contributed by atoms with E-state index in [1.54, 1.807) is 24.4 Å². The Bertz CT molecular complexity index is 1280. The van der Waals surface area contributed by atoms with E-state index in [4.69, 9.17) is 0 Å². The highest BCUT2D eigenvalue weighted by atomic mass is 16.6. The molecule has 1 N–H and O–H groups in total. The summed E-state index contributed by atoms with van der Waals surface area (Å²) in [6.45, 7) is 1.38. The third-order valence-electron chi connectivity index (χ3n) is 5.10. The van der Waals surface area contributed by atoms with E-state index in [1.807, 2.05) is 54.0 Å². The Morgan fingerprint density at radius 3 is 2.59 bits per heavy atom. The molecular weight excluding hydrogens is 408 g/mol. The molecule has 9 heteroatoms. The Morgan fingerprint density at radius 2 is 1.88 bits per heavy atom. The first-order valence-electron chi connectivity index (χ1n) is 10.0. The number of nitrogens with one attached hydrogen (secondary N) is 1. The van der Waals surface area contributed by atoms with Crippen molar-refractivity contribution in [3.63, 3.8) is 0 Å². The third kappa shape index (κ3) is 4.19. The van der Waals surface area contributed by atoms with Gasteiger partial charge in [0.15, 0.2) is 0 Å². The highest BCUT2D eigenvalue weighted by Crippen LogP contribution is 2.30. The zero-order chi connectivity index (χ0) is 22.7. The Balaban J connectivity index is 1.73. The lowest BCUT2D eigenvalue weighted by Gasteiger charge is -2.13. The van der Waals surface area contributed by atoms with Crippen LogP contribution in [0.1, 0.15) is 10.4 Å². The van der Waals surface area contributed by atoms with Gasteiger partial charge in [-0.05, 0) is 20.2 Å². The number of nitrogens with zero attached hydrogens (tertiary/aromatic N) is 5. The lowest BCUT2D eigenvalue weighted by Crippen LogP contribution is -2.20. The van der Waals surface area contributed by atoms with E-state index in [0.717, 1.165) is 12.1 Å². The van der Waals surface area contributed by atoms with Gasteiger partial charge in [-0.15, -0.1) is 0 Å². The predicted molar refractivity (Wildman–Crippen MR) is 123 cm³/mol. The van der Waals surface area contributed by atoms with Crippen molar-refractivity contribution in [1.82, 2.24) is 19.7 Å². The first-order valence-corrected chi connectivity index (χ1v) is 10.0. The first-order chi connectivity index (χ1) is 15.5. The van der Waals surface area contributed by atoms with E-state index < -0.39 is 4.92 Å². The van der Waals surface area contributed by atoms with Crippen LogP contribution in [0.2, 0.25) is 0 Å². The summed E-state index contributed by atoms with van der Waals surface area (Å²) < 4.78 is 1.81. The van der Waals surface area contributed by atoms with Gasteiger partial charge in [-0.2, -0.15) is 5.10 Å². The number of amides is 1. The average molecular weight is 430 g/mol. The van der Waals surface area contributed by atoms with Gasteiger partial charge in [-0.25, -0.2) is 4.98 Å². The summed E-state index contributed by atoms with van der Waals surface area (Å²) in [5, 5.41) is 19.5. The number of rotatable bonds is 7. The molecule has 0 aliphatic rings. The molecule has 0 aliphatic heterocycles. The second kappa shape index (κ2) is 8.94. The van der Waals surface area contributed by atoms with E-state index in [-0.39, 0.29) is 17.4 Å². The summed E-state index contributed by atoms with van der Waals surface area (Å²) in [7, 11) is 3.95. The molecule has 0 radical (unpaired) electrons. The maximum absolute atomic E-state index is 13.3. The van der Waals surface area contributed by atoms with Gasteiger partial charge in [0.2, 0.25) is 0 Å². The normalized spacial score (nSPS) is 11.1. The molecule has 162 valence electrons. The van der Waals surface area contributed by atoms with Gasteiger partial charge in [0.05, 0.1) is 34.3 Å². The van der Waals surface area contributed by atoms with Gasteiger partial charge < -0.3 is 10.2 Å². The van der Waals surface area contributed by atoms with Crippen molar-refractivity contribution in [1.29, 1.82) is 0 Å². The standard InChI is InChI=1S/C23H22N6O3/c1-27(2)13-14-28-21(16-7-4-3-5-8-16)19(15-25-28)23(30)26-22-18-9-6-10-20(29(31)32)17(18)11-12-24-22/h3-12,15H,13-14H2,1-2H3,(H,24,26,30). The van der Waals surface area contributed by atoms with Crippen molar-refractivity contribution in [2.45, 2.75) is 6.54 Å². The molecule has 0 aliphatic carbocycles. The van der Waals surface area contributed by atoms with Crippen molar-refractivity contribution in [2.75, 3.05) is 26.0 Å². The van der Waals surface area contributed by atoms with Gasteiger partial charge in [0, 0.05) is 29.8 Å². The van der Waals surface area contributed by atoms with Crippen LogP contribution in [0.3, 0.4) is 0 Å². The number of aromatic nitrogens is 3. The molecule has 0 unspecified atom stereocenters. The van der Waals surface area contributed by atoms with E-state index in [2.05, 4.69) is 15.4 Å². The maximum Gasteiger partial charge on any atom is 0.277 e. The first kappa shape index (κ1) is 21.1. The fraction of sp³-hybridized carbons (Fsp3) is 0.174. The second-order valence-corrected chi connectivity index (χ2v) is 7.54. The van der Waals surface area contributed by atoms with Crippen molar-refractivity contribution in [2.24, 2.45) is 0 Å². The highest BCUT2D eigenvalue weighted by molar-refractivity contribution is 6.11. The van der Waals surface area contributed by atoms with Crippen LogP contribution in [0.15, 0.2) is 67.0 Å². The van der Waals surface area contributed by atoms with Crippen molar-refractivity contribution >= 4 is 28.2 Å². The van der Waals surface area contributed by atoms with Crippen LogP contribution in [-0.4, -0.2) is 51.1 Å². The molecule has 4 rings (SSSR count). The highest BCUT2D eigenvalue weighted by Gasteiger charge is 2.21. The molecule has 2 aromatic carbocycles. The minimum Gasteiger partial charge on any atom is -0.308 e. The zero-order valence-electron chi connectivity index (χ0n) is 17.7. The fourth-order valence-electron chi connectivity index (χ4n) is 3.54. The van der Waals surface area contributed by atoms with Gasteiger partial charge in [0.1, 0.15) is 5.82 Å². The number of likely N-dealkylation sites (N-methyl/N-ethyl adjacent to an activating group) is 1. The number of nitro groups is 1. The summed E-state index contributed by atoms with van der Waals surface area (Å²) in [6, 6.07) is 15.9. The van der Waals surface area contributed by atoms with E-state index in [0.29, 0.717) is 28.6 Å². The van der Waals surface area contributed by atoms with Gasteiger partial charge >= 0.3 is 0 Å². The molecule has 0 fully saturated rings. The summed E-state index contributed by atoms with van der Waals surface area (Å²) in [5.41, 5.74) is 1.94. The molecule has 0 saturated carbocycles. The number of fused-ring (bicyclic) bond motifs is 1. The third-order valence-corrected chi connectivity index (χ3v) is 5.10. The number of hydrogen-bond acceptors (Lipinski definition) is 6. The molecule has 2 heterocycles. The molecule has 0 bridgehead atoms. The van der Waals surface area contributed by atoms with Gasteiger partial charge in [-0.3, -0.25) is 19.6 Å². The molecule has 9 nitrogen and oxygen atoms in total. The van der Waals surface area contributed by atoms with E-state index in [9.17, 15) is 14.9 Å². The molecule has 32 heavy (non-hydrogen) atoms. The molecule has 0 saturated heterocycles. The number of carbonyl (C=O) groups is 1. The largest absolute Gasteiger partial charge is 0.308 e. The Morgan fingerprint density at radius 1 is 1.09 bits per heavy atom. The topological polar surface area (TPSA) is 106 Å². The number of anilines is 1. The average Bonchev–Trinajstić information content (AvgIpc) is 3.22. The summed E-state index contributed by atoms with van der Waals surface area (Å²) >= 11 is 0. The molecule has 2 aromatic heterocycles. The van der Waals surface area contributed by atoms with Crippen molar-refractivity contribution in [3.05, 3.63) is 82.7 Å². The Kier molecular flexibility index (Phi) is 5.91. The lowest BCUT2D eigenvalue weighted by molar-refractivity contribution is -0.383. The summed E-state index contributed by atoms with van der Waals surface area (Å²) in [4.78, 5) is 30.5. The van der Waals surface area contributed by atoms with Crippen LogP contribution in [-0.2, 0) is 6.54 Å². The number of nitro benzene ring substituents is 1. The lowest BCUT2D eigenvalue weighted by atomic mass is 10.1.